The molecule has 0 amide bonds. The molecule has 2 N–H and O–H groups in total. The van der Waals surface area contributed by atoms with Gasteiger partial charge in [0.2, 0.25) is 0 Å². The van der Waals surface area contributed by atoms with E-state index in [2.05, 4.69) is 30.9 Å². The van der Waals surface area contributed by atoms with Gasteiger partial charge in [0.15, 0.2) is 0 Å². The van der Waals surface area contributed by atoms with Gasteiger partial charge in [-0.2, -0.15) is 0 Å². The van der Waals surface area contributed by atoms with Crippen LogP contribution in [0.2, 0.25) is 0 Å². The van der Waals surface area contributed by atoms with Crippen LogP contribution in [0.25, 0.3) is 0 Å². The van der Waals surface area contributed by atoms with Crippen molar-refractivity contribution in [2.24, 2.45) is 17.6 Å². The Morgan fingerprint density at radius 3 is 2.60 bits per heavy atom. The number of likely N-dealkylation sites (tertiary alicyclic amines) is 1. The van der Waals surface area contributed by atoms with Crippen LogP contribution in [0, 0.1) is 18.8 Å². The quantitative estimate of drug-likeness (QED) is 0.914. The summed E-state index contributed by atoms with van der Waals surface area (Å²) in [6.07, 6.45) is 7.20. The number of piperidine rings is 1. The van der Waals surface area contributed by atoms with Crippen LogP contribution in [0.1, 0.15) is 54.8 Å². The lowest BCUT2D eigenvalue weighted by Crippen LogP contribution is -2.47. The van der Waals surface area contributed by atoms with E-state index in [1.807, 2.05) is 11.3 Å². The Morgan fingerprint density at radius 2 is 1.95 bits per heavy atom. The van der Waals surface area contributed by atoms with Crippen LogP contribution in [-0.4, -0.2) is 24.0 Å². The van der Waals surface area contributed by atoms with Crippen molar-refractivity contribution in [3.8, 4) is 0 Å². The standard InChI is InChI=1S/C17H28N2S/c1-12-7-8-16(20-12)17(13(2)18)19-10-9-14-5-3-4-6-15(14)11-19/h7-8,13-15,17H,3-6,9-11,18H2,1-2H3. The molecule has 2 fully saturated rings. The van der Waals surface area contributed by atoms with Gasteiger partial charge in [0.25, 0.3) is 0 Å². The van der Waals surface area contributed by atoms with Crippen LogP contribution in [0.5, 0.6) is 0 Å². The molecule has 1 aromatic heterocycles. The predicted molar refractivity (Wildman–Crippen MR) is 87.1 cm³/mol. The Balaban J connectivity index is 1.75. The Kier molecular flexibility index (Phi) is 4.49. The van der Waals surface area contributed by atoms with Gasteiger partial charge in [-0.1, -0.05) is 19.3 Å². The Morgan fingerprint density at radius 1 is 1.20 bits per heavy atom. The molecule has 2 aliphatic rings. The molecule has 0 spiro atoms. The summed E-state index contributed by atoms with van der Waals surface area (Å²) < 4.78 is 0. The van der Waals surface area contributed by atoms with E-state index in [0.29, 0.717) is 6.04 Å². The summed E-state index contributed by atoms with van der Waals surface area (Å²) in [7, 11) is 0. The number of aryl methyl sites for hydroxylation is 1. The first-order chi connectivity index (χ1) is 9.65. The fourth-order valence-electron chi connectivity index (χ4n) is 4.27. The number of hydrogen-bond acceptors (Lipinski definition) is 3. The minimum Gasteiger partial charge on any atom is -0.326 e. The highest BCUT2D eigenvalue weighted by Crippen LogP contribution is 2.40. The highest BCUT2D eigenvalue weighted by molar-refractivity contribution is 7.12. The number of nitrogens with zero attached hydrogens (tertiary/aromatic N) is 1. The molecule has 0 aromatic carbocycles. The molecule has 1 aromatic rings. The lowest BCUT2D eigenvalue weighted by atomic mass is 9.74. The monoisotopic (exact) mass is 292 g/mol. The molecule has 2 nitrogen and oxygen atoms in total. The van der Waals surface area contributed by atoms with Gasteiger partial charge in [-0.15, -0.1) is 11.3 Å². The number of thiophene rings is 1. The number of hydrogen-bond donors (Lipinski definition) is 1. The van der Waals surface area contributed by atoms with Gasteiger partial charge in [-0.3, -0.25) is 4.90 Å². The molecule has 1 aliphatic heterocycles. The lowest BCUT2D eigenvalue weighted by molar-refractivity contribution is 0.0506. The molecule has 1 saturated carbocycles. The van der Waals surface area contributed by atoms with Crippen LogP contribution >= 0.6 is 11.3 Å². The fourth-order valence-corrected chi connectivity index (χ4v) is 5.39. The normalized spacial score (nSPS) is 30.8. The minimum absolute atomic E-state index is 0.216. The van der Waals surface area contributed by atoms with Crippen LogP contribution in [0.15, 0.2) is 12.1 Å². The number of fused-ring (bicyclic) bond motifs is 1. The summed E-state index contributed by atoms with van der Waals surface area (Å²) in [5.41, 5.74) is 6.34. The molecule has 2 heterocycles. The van der Waals surface area contributed by atoms with Gasteiger partial charge in [-0.05, 0) is 57.2 Å². The summed E-state index contributed by atoms with van der Waals surface area (Å²) in [6, 6.07) is 5.17. The van der Waals surface area contributed by atoms with Crippen molar-refractivity contribution in [3.63, 3.8) is 0 Å². The van der Waals surface area contributed by atoms with E-state index < -0.39 is 0 Å². The molecule has 112 valence electrons. The molecule has 3 rings (SSSR count). The molecule has 20 heavy (non-hydrogen) atoms. The summed E-state index contributed by atoms with van der Waals surface area (Å²) >= 11 is 1.93. The molecule has 0 bridgehead atoms. The predicted octanol–water partition coefficient (Wildman–Crippen LogP) is 3.96. The largest absolute Gasteiger partial charge is 0.326 e. The SMILES string of the molecule is Cc1ccc(C(C(C)N)N2CCC3CCCCC3C2)s1. The molecule has 1 saturated heterocycles. The molecular formula is C17H28N2S. The van der Waals surface area contributed by atoms with Crippen molar-refractivity contribution in [2.75, 3.05) is 13.1 Å². The zero-order valence-corrected chi connectivity index (χ0v) is 13.7. The second-order valence-corrected chi connectivity index (χ2v) is 8.16. The topological polar surface area (TPSA) is 29.3 Å². The average Bonchev–Trinajstić information content (AvgIpc) is 2.85. The fraction of sp³-hybridized carbons (Fsp3) is 0.765. The van der Waals surface area contributed by atoms with Crippen molar-refractivity contribution in [1.29, 1.82) is 0 Å². The van der Waals surface area contributed by atoms with Crippen molar-refractivity contribution in [2.45, 2.75) is 58.0 Å². The first-order valence-electron chi connectivity index (χ1n) is 8.21. The van der Waals surface area contributed by atoms with E-state index in [-0.39, 0.29) is 6.04 Å². The lowest BCUT2D eigenvalue weighted by Gasteiger charge is -2.45. The van der Waals surface area contributed by atoms with Crippen molar-refractivity contribution >= 4 is 11.3 Å². The molecule has 4 unspecified atom stereocenters. The first kappa shape index (κ1) is 14.6. The van der Waals surface area contributed by atoms with Crippen LogP contribution in [-0.2, 0) is 0 Å². The maximum Gasteiger partial charge on any atom is 0.0590 e. The second-order valence-electron chi connectivity index (χ2n) is 6.84. The third-order valence-corrected chi connectivity index (χ3v) is 6.34. The third-order valence-electron chi connectivity index (χ3n) is 5.27. The summed E-state index contributed by atoms with van der Waals surface area (Å²) in [5.74, 6) is 1.93. The Hall–Kier alpha value is -0.380. The highest BCUT2D eigenvalue weighted by Gasteiger charge is 2.35. The van der Waals surface area contributed by atoms with Crippen molar-refractivity contribution in [1.82, 2.24) is 4.90 Å². The van der Waals surface area contributed by atoms with Crippen molar-refractivity contribution < 1.29 is 0 Å². The molecule has 4 atom stereocenters. The minimum atomic E-state index is 0.216. The van der Waals surface area contributed by atoms with Crippen molar-refractivity contribution in [3.05, 3.63) is 21.9 Å². The zero-order valence-electron chi connectivity index (χ0n) is 12.8. The van der Waals surface area contributed by atoms with E-state index in [4.69, 9.17) is 5.73 Å². The average molecular weight is 292 g/mol. The maximum atomic E-state index is 6.34. The third kappa shape index (κ3) is 2.95. The molecule has 1 aliphatic carbocycles. The van der Waals surface area contributed by atoms with E-state index in [9.17, 15) is 0 Å². The van der Waals surface area contributed by atoms with Crippen LogP contribution in [0.4, 0.5) is 0 Å². The summed E-state index contributed by atoms with van der Waals surface area (Å²) in [6.45, 7) is 6.88. The van der Waals surface area contributed by atoms with E-state index in [1.165, 1.54) is 54.9 Å². The molecule has 0 radical (unpaired) electrons. The zero-order chi connectivity index (χ0) is 14.1. The molecular weight excluding hydrogens is 264 g/mol. The van der Waals surface area contributed by atoms with Gasteiger partial charge in [0.1, 0.15) is 0 Å². The van der Waals surface area contributed by atoms with Crippen LogP contribution < -0.4 is 5.73 Å². The van der Waals surface area contributed by atoms with Crippen LogP contribution in [0.3, 0.4) is 0 Å². The smallest absolute Gasteiger partial charge is 0.0590 e. The number of nitrogens with two attached hydrogens (primary N) is 1. The highest BCUT2D eigenvalue weighted by atomic mass is 32.1. The van der Waals surface area contributed by atoms with E-state index >= 15 is 0 Å². The number of rotatable bonds is 3. The van der Waals surface area contributed by atoms with Gasteiger partial charge in [0.05, 0.1) is 6.04 Å². The Bertz CT molecular complexity index is 440. The van der Waals surface area contributed by atoms with Gasteiger partial charge in [-0.25, -0.2) is 0 Å². The second kappa shape index (κ2) is 6.17. The summed E-state index contributed by atoms with van der Waals surface area (Å²) in [4.78, 5) is 5.55. The maximum absolute atomic E-state index is 6.34. The van der Waals surface area contributed by atoms with Gasteiger partial charge in [0, 0.05) is 22.3 Å². The van der Waals surface area contributed by atoms with Gasteiger partial charge < -0.3 is 5.73 Å². The Labute approximate surface area is 127 Å². The van der Waals surface area contributed by atoms with E-state index in [0.717, 1.165) is 11.8 Å². The van der Waals surface area contributed by atoms with E-state index in [1.54, 1.807) is 0 Å². The first-order valence-corrected chi connectivity index (χ1v) is 9.03. The molecule has 3 heteroatoms. The summed E-state index contributed by atoms with van der Waals surface area (Å²) in [5, 5.41) is 0. The van der Waals surface area contributed by atoms with Gasteiger partial charge >= 0.3 is 0 Å².